The lowest BCUT2D eigenvalue weighted by atomic mass is 10.1. The Hall–Kier alpha value is -2.83. The van der Waals surface area contributed by atoms with Crippen LogP contribution in [0, 0.1) is 0 Å². The molecule has 0 saturated carbocycles. The van der Waals surface area contributed by atoms with Gasteiger partial charge in [0.1, 0.15) is 16.6 Å². The van der Waals surface area contributed by atoms with Crippen molar-refractivity contribution in [2.24, 2.45) is 0 Å². The number of ether oxygens (including phenoxy) is 1. The van der Waals surface area contributed by atoms with Crippen LogP contribution < -0.4 is 15.8 Å². The van der Waals surface area contributed by atoms with Gasteiger partial charge in [-0.05, 0) is 41.9 Å². The van der Waals surface area contributed by atoms with Crippen LogP contribution >= 0.6 is 23.2 Å². The Labute approximate surface area is 160 Å². The number of benzene rings is 1. The zero-order valence-corrected chi connectivity index (χ0v) is 15.3. The van der Waals surface area contributed by atoms with Crippen LogP contribution in [0.25, 0.3) is 12.2 Å². The summed E-state index contributed by atoms with van der Waals surface area (Å²) in [6.07, 6.45) is 6.85. The van der Waals surface area contributed by atoms with E-state index in [0.717, 1.165) is 16.8 Å². The minimum absolute atomic E-state index is 0.109. The van der Waals surface area contributed by atoms with E-state index in [0.29, 0.717) is 22.4 Å². The molecule has 0 bridgehead atoms. The van der Waals surface area contributed by atoms with E-state index >= 15 is 0 Å². The Morgan fingerprint density at radius 2 is 1.92 bits per heavy atom. The van der Waals surface area contributed by atoms with Gasteiger partial charge in [-0.15, -0.1) is 0 Å². The van der Waals surface area contributed by atoms with E-state index in [9.17, 15) is 0 Å². The van der Waals surface area contributed by atoms with Gasteiger partial charge in [0.15, 0.2) is 5.82 Å². The van der Waals surface area contributed by atoms with E-state index in [1.54, 1.807) is 13.3 Å². The van der Waals surface area contributed by atoms with Crippen LogP contribution in [0.3, 0.4) is 0 Å². The van der Waals surface area contributed by atoms with Gasteiger partial charge in [-0.3, -0.25) is 0 Å². The topological polar surface area (TPSA) is 86.0 Å². The minimum Gasteiger partial charge on any atom is -0.496 e. The van der Waals surface area contributed by atoms with E-state index in [2.05, 4.69) is 20.3 Å². The van der Waals surface area contributed by atoms with Crippen LogP contribution in [0.1, 0.15) is 11.1 Å². The molecular formula is C18H15Cl2N5O. The van der Waals surface area contributed by atoms with Gasteiger partial charge in [0.2, 0.25) is 5.28 Å². The number of pyridine rings is 1. The minimum atomic E-state index is 0.109. The van der Waals surface area contributed by atoms with Gasteiger partial charge in [-0.25, -0.2) is 9.97 Å². The van der Waals surface area contributed by atoms with E-state index in [-0.39, 0.29) is 5.28 Å². The fourth-order valence-corrected chi connectivity index (χ4v) is 2.53. The molecule has 0 fully saturated rings. The number of hydrogen-bond donors (Lipinski definition) is 2. The zero-order chi connectivity index (χ0) is 18.5. The van der Waals surface area contributed by atoms with Gasteiger partial charge < -0.3 is 15.8 Å². The van der Waals surface area contributed by atoms with E-state index in [1.807, 2.05) is 42.5 Å². The number of nitrogens with one attached hydrogen (secondary N) is 1. The normalized spacial score (nSPS) is 10.9. The highest BCUT2D eigenvalue weighted by Crippen LogP contribution is 2.29. The third-order valence-corrected chi connectivity index (χ3v) is 3.98. The van der Waals surface area contributed by atoms with Crippen molar-refractivity contribution in [2.75, 3.05) is 18.2 Å². The first-order valence-electron chi connectivity index (χ1n) is 7.58. The van der Waals surface area contributed by atoms with Crippen LogP contribution in [0.15, 0.2) is 42.7 Å². The van der Waals surface area contributed by atoms with Crippen LogP contribution in [0.2, 0.25) is 10.3 Å². The number of nitrogen functional groups attached to an aromatic ring is 1. The monoisotopic (exact) mass is 387 g/mol. The van der Waals surface area contributed by atoms with Gasteiger partial charge in [-0.1, -0.05) is 23.8 Å². The summed E-state index contributed by atoms with van der Waals surface area (Å²) in [7, 11) is 1.61. The molecule has 2 heterocycles. The Morgan fingerprint density at radius 3 is 2.69 bits per heavy atom. The van der Waals surface area contributed by atoms with Crippen LogP contribution in [-0.2, 0) is 0 Å². The highest BCUT2D eigenvalue weighted by molar-refractivity contribution is 6.33. The largest absolute Gasteiger partial charge is 0.496 e. The lowest BCUT2D eigenvalue weighted by molar-refractivity contribution is 0.414. The number of nitrogens with two attached hydrogens (primary N) is 1. The fraction of sp³-hybridized carbons (Fsp3) is 0.0556. The molecule has 0 amide bonds. The summed E-state index contributed by atoms with van der Waals surface area (Å²) in [5.41, 5.74) is 8.30. The first kappa shape index (κ1) is 18.0. The maximum Gasteiger partial charge on any atom is 0.224 e. The van der Waals surface area contributed by atoms with Gasteiger partial charge >= 0.3 is 0 Å². The molecule has 2 aromatic heterocycles. The Bertz CT molecular complexity index is 962. The molecule has 0 unspecified atom stereocenters. The number of aromatic nitrogens is 3. The molecular weight excluding hydrogens is 373 g/mol. The van der Waals surface area contributed by atoms with Gasteiger partial charge in [0, 0.05) is 23.0 Å². The van der Waals surface area contributed by atoms with Gasteiger partial charge in [0.25, 0.3) is 0 Å². The predicted molar refractivity (Wildman–Crippen MR) is 106 cm³/mol. The Kier molecular flexibility index (Phi) is 5.55. The number of halogens is 2. The molecule has 3 rings (SSSR count). The molecule has 132 valence electrons. The molecule has 0 aliphatic carbocycles. The third kappa shape index (κ3) is 4.22. The van der Waals surface area contributed by atoms with Gasteiger partial charge in [-0.2, -0.15) is 4.98 Å². The number of anilines is 3. The van der Waals surface area contributed by atoms with Crippen molar-refractivity contribution in [2.45, 2.75) is 0 Å². The molecule has 0 spiro atoms. The maximum absolute atomic E-state index is 6.10. The van der Waals surface area contributed by atoms with Crippen molar-refractivity contribution in [1.29, 1.82) is 0 Å². The second-order valence-corrected chi connectivity index (χ2v) is 5.97. The first-order chi connectivity index (χ1) is 12.6. The van der Waals surface area contributed by atoms with Crippen molar-refractivity contribution < 1.29 is 4.74 Å². The molecule has 8 heteroatoms. The number of rotatable bonds is 5. The smallest absolute Gasteiger partial charge is 0.224 e. The van der Waals surface area contributed by atoms with Crippen LogP contribution in [0.5, 0.6) is 5.75 Å². The highest BCUT2D eigenvalue weighted by Gasteiger charge is 2.07. The second-order valence-electron chi connectivity index (χ2n) is 5.23. The standard InChI is InChI=1S/C18H15Cl2N5O/c1-26-15-7-6-13(24-17-14(19)10-23-18(20)25-17)9-12(15)5-4-11-3-2-8-22-16(11)21/h2-10H,1H3,(H2,21,22)(H,23,24,25)/b5-4+. The summed E-state index contributed by atoms with van der Waals surface area (Å²) in [5, 5.41) is 3.60. The average molecular weight is 388 g/mol. The van der Waals surface area contributed by atoms with Crippen LogP contribution in [-0.4, -0.2) is 22.1 Å². The Balaban J connectivity index is 1.91. The summed E-state index contributed by atoms with van der Waals surface area (Å²) < 4.78 is 5.41. The first-order valence-corrected chi connectivity index (χ1v) is 8.34. The number of hydrogen-bond acceptors (Lipinski definition) is 6. The molecule has 0 aliphatic rings. The quantitative estimate of drug-likeness (QED) is 0.617. The molecule has 0 saturated heterocycles. The van der Waals surface area contributed by atoms with Crippen LogP contribution in [0.4, 0.5) is 17.3 Å². The molecule has 0 radical (unpaired) electrons. The lowest BCUT2D eigenvalue weighted by Gasteiger charge is -2.11. The SMILES string of the molecule is COc1ccc(Nc2nc(Cl)ncc2Cl)cc1/C=C/c1cccnc1N. The zero-order valence-electron chi connectivity index (χ0n) is 13.8. The second kappa shape index (κ2) is 8.03. The van der Waals surface area contributed by atoms with Crippen molar-refractivity contribution in [3.8, 4) is 5.75 Å². The Morgan fingerprint density at radius 1 is 1.12 bits per heavy atom. The maximum atomic E-state index is 6.10. The van der Waals surface area contributed by atoms with Crippen molar-refractivity contribution in [3.63, 3.8) is 0 Å². The fourth-order valence-electron chi connectivity index (χ4n) is 2.26. The summed E-state index contributed by atoms with van der Waals surface area (Å²) in [6.45, 7) is 0. The van der Waals surface area contributed by atoms with Gasteiger partial charge in [0.05, 0.1) is 13.3 Å². The molecule has 3 aromatic rings. The van der Waals surface area contributed by atoms with Crippen molar-refractivity contribution in [3.05, 3.63) is 64.2 Å². The van der Waals surface area contributed by atoms with E-state index < -0.39 is 0 Å². The summed E-state index contributed by atoms with van der Waals surface area (Å²) in [5.74, 6) is 1.59. The van der Waals surface area contributed by atoms with E-state index in [4.69, 9.17) is 33.7 Å². The predicted octanol–water partition coefficient (Wildman–Crippen LogP) is 4.68. The van der Waals surface area contributed by atoms with E-state index in [1.165, 1.54) is 6.20 Å². The molecule has 0 atom stereocenters. The molecule has 26 heavy (non-hydrogen) atoms. The van der Waals surface area contributed by atoms with Crippen molar-refractivity contribution >= 4 is 52.7 Å². The molecule has 6 nitrogen and oxygen atoms in total. The lowest BCUT2D eigenvalue weighted by Crippen LogP contribution is -1.97. The summed E-state index contributed by atoms with van der Waals surface area (Å²) >= 11 is 11.9. The summed E-state index contributed by atoms with van der Waals surface area (Å²) in [6, 6.07) is 9.29. The summed E-state index contributed by atoms with van der Waals surface area (Å²) in [4.78, 5) is 12.0. The average Bonchev–Trinajstić information content (AvgIpc) is 2.64. The van der Waals surface area contributed by atoms with Crippen molar-refractivity contribution in [1.82, 2.24) is 15.0 Å². The number of nitrogens with zero attached hydrogens (tertiary/aromatic N) is 3. The number of methoxy groups -OCH3 is 1. The molecule has 0 aliphatic heterocycles. The molecule has 1 aromatic carbocycles. The highest BCUT2D eigenvalue weighted by atomic mass is 35.5. The third-order valence-electron chi connectivity index (χ3n) is 3.52. The molecule has 3 N–H and O–H groups in total.